The summed E-state index contributed by atoms with van der Waals surface area (Å²) in [5.74, 6) is 2.20. The number of hydrogen-bond donors (Lipinski definition) is 3. The number of methoxy groups -OCH3 is 1. The van der Waals surface area contributed by atoms with Crippen LogP contribution in [0.1, 0.15) is 29.5 Å². The van der Waals surface area contributed by atoms with Crippen LogP contribution >= 0.6 is 0 Å². The largest absolute Gasteiger partial charge is 0.493 e. The zero-order chi connectivity index (χ0) is 23.3. The Morgan fingerprint density at radius 1 is 0.909 bits per heavy atom. The van der Waals surface area contributed by atoms with Gasteiger partial charge in [0.15, 0.2) is 17.5 Å². The van der Waals surface area contributed by atoms with E-state index in [-0.39, 0.29) is 19.1 Å². The molecular formula is C27H33N3O3. The highest BCUT2D eigenvalue weighted by atomic mass is 16.5. The predicted molar refractivity (Wildman–Crippen MR) is 133 cm³/mol. The van der Waals surface area contributed by atoms with Crippen molar-refractivity contribution in [1.29, 1.82) is 0 Å². The predicted octanol–water partition coefficient (Wildman–Crippen LogP) is 3.95. The van der Waals surface area contributed by atoms with E-state index in [4.69, 9.17) is 19.6 Å². The molecule has 0 fully saturated rings. The Morgan fingerprint density at radius 3 is 2.15 bits per heavy atom. The van der Waals surface area contributed by atoms with Crippen LogP contribution in [0.15, 0.2) is 83.9 Å². The molecule has 0 bridgehead atoms. The molecule has 0 aliphatic heterocycles. The van der Waals surface area contributed by atoms with Gasteiger partial charge in [0.2, 0.25) is 0 Å². The zero-order valence-corrected chi connectivity index (χ0v) is 19.3. The second kappa shape index (κ2) is 13.1. The van der Waals surface area contributed by atoms with Crippen LogP contribution in [0, 0.1) is 0 Å². The number of nitrogens with zero attached hydrogens (tertiary/aromatic N) is 1. The monoisotopic (exact) mass is 447 g/mol. The van der Waals surface area contributed by atoms with Gasteiger partial charge in [0.05, 0.1) is 20.3 Å². The lowest BCUT2D eigenvalue weighted by molar-refractivity contribution is 0.196. The molecule has 33 heavy (non-hydrogen) atoms. The minimum atomic E-state index is -0.0418. The molecule has 0 aliphatic carbocycles. The second-order valence-corrected chi connectivity index (χ2v) is 7.51. The first-order chi connectivity index (χ1) is 16.2. The van der Waals surface area contributed by atoms with Crippen LogP contribution in [0.2, 0.25) is 0 Å². The van der Waals surface area contributed by atoms with Crippen molar-refractivity contribution in [2.45, 2.75) is 19.4 Å². The topological polar surface area (TPSA) is 75.1 Å². The minimum Gasteiger partial charge on any atom is -0.493 e. The van der Waals surface area contributed by atoms with Crippen molar-refractivity contribution in [3.8, 4) is 11.5 Å². The van der Waals surface area contributed by atoms with Gasteiger partial charge < -0.3 is 25.2 Å². The number of aliphatic hydroxyl groups excluding tert-OH is 1. The highest BCUT2D eigenvalue weighted by Crippen LogP contribution is 2.28. The average molecular weight is 448 g/mol. The molecule has 3 aromatic carbocycles. The molecule has 0 aromatic heterocycles. The zero-order valence-electron chi connectivity index (χ0n) is 19.3. The summed E-state index contributed by atoms with van der Waals surface area (Å²) in [6.45, 7) is 4.22. The van der Waals surface area contributed by atoms with Crippen molar-refractivity contribution in [2.24, 2.45) is 4.99 Å². The summed E-state index contributed by atoms with van der Waals surface area (Å²) in [6, 6.07) is 26.8. The van der Waals surface area contributed by atoms with Gasteiger partial charge in [-0.25, -0.2) is 4.99 Å². The van der Waals surface area contributed by atoms with Gasteiger partial charge in [-0.05, 0) is 35.7 Å². The fourth-order valence-electron chi connectivity index (χ4n) is 3.59. The standard InChI is InChI=1S/C27H33N3O3/c1-3-28-27(29-19-21-14-15-25(33-17-16-31)26(18-21)32-2)30-20-24(22-10-6-4-7-11-22)23-12-8-5-9-13-23/h4-15,18,24,31H,3,16-17,19-20H2,1-2H3,(H2,28,29,30). The Hall–Kier alpha value is -3.51. The van der Waals surface area contributed by atoms with Crippen LogP contribution in [0.25, 0.3) is 0 Å². The van der Waals surface area contributed by atoms with Crippen molar-refractivity contribution in [1.82, 2.24) is 10.6 Å². The minimum absolute atomic E-state index is 0.0418. The van der Waals surface area contributed by atoms with Gasteiger partial charge in [0.25, 0.3) is 0 Å². The maximum absolute atomic E-state index is 8.98. The van der Waals surface area contributed by atoms with Gasteiger partial charge >= 0.3 is 0 Å². The van der Waals surface area contributed by atoms with E-state index in [1.165, 1.54) is 11.1 Å². The first kappa shape index (κ1) is 24.1. The first-order valence-corrected chi connectivity index (χ1v) is 11.3. The van der Waals surface area contributed by atoms with Crippen molar-refractivity contribution >= 4 is 5.96 Å². The van der Waals surface area contributed by atoms with Crippen LogP contribution in [0.3, 0.4) is 0 Å². The smallest absolute Gasteiger partial charge is 0.191 e. The average Bonchev–Trinajstić information content (AvgIpc) is 2.87. The number of nitrogens with one attached hydrogen (secondary N) is 2. The van der Waals surface area contributed by atoms with Gasteiger partial charge in [-0.1, -0.05) is 66.7 Å². The highest BCUT2D eigenvalue weighted by molar-refractivity contribution is 5.79. The third kappa shape index (κ3) is 7.26. The van der Waals surface area contributed by atoms with Gasteiger partial charge in [-0.15, -0.1) is 0 Å². The summed E-state index contributed by atoms with van der Waals surface area (Å²) in [4.78, 5) is 4.77. The number of hydrogen-bond acceptors (Lipinski definition) is 4. The molecule has 6 nitrogen and oxygen atoms in total. The lowest BCUT2D eigenvalue weighted by Crippen LogP contribution is -2.39. The maximum Gasteiger partial charge on any atom is 0.191 e. The molecule has 0 saturated heterocycles. The van der Waals surface area contributed by atoms with E-state index in [9.17, 15) is 0 Å². The maximum atomic E-state index is 8.98. The van der Waals surface area contributed by atoms with Crippen LogP contribution in [-0.2, 0) is 6.54 Å². The van der Waals surface area contributed by atoms with Crippen molar-refractivity contribution in [2.75, 3.05) is 33.4 Å². The lowest BCUT2D eigenvalue weighted by atomic mass is 9.91. The van der Waals surface area contributed by atoms with Gasteiger partial charge in [-0.2, -0.15) is 0 Å². The van der Waals surface area contributed by atoms with Crippen molar-refractivity contribution in [3.63, 3.8) is 0 Å². The van der Waals surface area contributed by atoms with E-state index in [2.05, 4.69) is 66.1 Å². The molecule has 0 spiro atoms. The summed E-state index contributed by atoms with van der Waals surface area (Å²) in [7, 11) is 1.60. The molecule has 0 atom stereocenters. The Morgan fingerprint density at radius 2 is 1.58 bits per heavy atom. The summed E-state index contributed by atoms with van der Waals surface area (Å²) < 4.78 is 10.9. The van der Waals surface area contributed by atoms with Gasteiger partial charge in [-0.3, -0.25) is 0 Å². The van der Waals surface area contributed by atoms with Gasteiger partial charge in [0.1, 0.15) is 6.61 Å². The van der Waals surface area contributed by atoms with Crippen LogP contribution in [0.5, 0.6) is 11.5 Å². The number of guanidine groups is 1. The van der Waals surface area contributed by atoms with E-state index in [0.29, 0.717) is 18.0 Å². The summed E-state index contributed by atoms with van der Waals surface area (Å²) in [5.41, 5.74) is 3.52. The third-order valence-electron chi connectivity index (χ3n) is 5.22. The number of ether oxygens (including phenoxy) is 2. The van der Waals surface area contributed by atoms with E-state index in [1.54, 1.807) is 7.11 Å². The Kier molecular flexibility index (Phi) is 9.61. The highest BCUT2D eigenvalue weighted by Gasteiger charge is 2.14. The lowest BCUT2D eigenvalue weighted by Gasteiger charge is -2.20. The van der Waals surface area contributed by atoms with Crippen LogP contribution in [0.4, 0.5) is 0 Å². The molecule has 3 rings (SSSR count). The van der Waals surface area contributed by atoms with E-state index in [1.807, 2.05) is 30.3 Å². The van der Waals surface area contributed by atoms with Crippen molar-refractivity contribution in [3.05, 3.63) is 95.6 Å². The third-order valence-corrected chi connectivity index (χ3v) is 5.22. The molecule has 0 heterocycles. The molecule has 0 amide bonds. The molecule has 3 aromatic rings. The molecule has 0 saturated carbocycles. The van der Waals surface area contributed by atoms with E-state index >= 15 is 0 Å². The normalized spacial score (nSPS) is 11.3. The number of rotatable bonds is 11. The van der Waals surface area contributed by atoms with Crippen molar-refractivity contribution < 1.29 is 14.6 Å². The Bertz CT molecular complexity index is 955. The number of aliphatic hydroxyl groups is 1. The van der Waals surface area contributed by atoms with Crippen LogP contribution < -0.4 is 20.1 Å². The summed E-state index contributed by atoms with van der Waals surface area (Å²) in [5, 5.41) is 15.8. The second-order valence-electron chi connectivity index (χ2n) is 7.51. The number of benzene rings is 3. The van der Waals surface area contributed by atoms with E-state index in [0.717, 1.165) is 24.6 Å². The summed E-state index contributed by atoms with van der Waals surface area (Å²) >= 11 is 0. The fraction of sp³-hybridized carbons (Fsp3) is 0.296. The Balaban J connectivity index is 1.72. The summed E-state index contributed by atoms with van der Waals surface area (Å²) in [6.07, 6.45) is 0. The molecule has 6 heteroatoms. The number of aliphatic imine (C=N–C) groups is 1. The molecule has 0 unspecified atom stereocenters. The van der Waals surface area contributed by atoms with Crippen LogP contribution in [-0.4, -0.2) is 44.5 Å². The fourth-order valence-corrected chi connectivity index (χ4v) is 3.59. The molecule has 0 radical (unpaired) electrons. The Labute approximate surface area is 196 Å². The molecule has 174 valence electrons. The first-order valence-electron chi connectivity index (χ1n) is 11.3. The molecular weight excluding hydrogens is 414 g/mol. The molecule has 0 aliphatic rings. The quantitative estimate of drug-likeness (QED) is 0.307. The van der Waals surface area contributed by atoms with Gasteiger partial charge in [0, 0.05) is 19.0 Å². The molecule has 3 N–H and O–H groups in total. The van der Waals surface area contributed by atoms with E-state index < -0.39 is 0 Å². The SMILES string of the molecule is CCNC(=NCc1ccc(OCCO)c(OC)c1)NCC(c1ccccc1)c1ccccc1.